The predicted molar refractivity (Wildman–Crippen MR) is 71.2 cm³/mol. The van der Waals surface area contributed by atoms with Gasteiger partial charge in [0.1, 0.15) is 6.61 Å². The minimum absolute atomic E-state index is 0.0243. The highest BCUT2D eigenvalue weighted by Crippen LogP contribution is 2.05. The molecule has 0 fully saturated rings. The van der Waals surface area contributed by atoms with Crippen molar-refractivity contribution in [3.8, 4) is 0 Å². The molecule has 0 aliphatic rings. The number of amides is 2. The van der Waals surface area contributed by atoms with Crippen LogP contribution in [-0.4, -0.2) is 36.6 Å². The van der Waals surface area contributed by atoms with Crippen LogP contribution in [0, 0.1) is 0 Å². The van der Waals surface area contributed by atoms with Gasteiger partial charge in [0.2, 0.25) is 11.8 Å². The highest BCUT2D eigenvalue weighted by Gasteiger charge is 2.13. The molecule has 0 aromatic rings. The molecule has 106 valence electrons. The summed E-state index contributed by atoms with van der Waals surface area (Å²) >= 11 is 0. The Bertz CT molecular complexity index is 272. The molecule has 0 spiro atoms. The van der Waals surface area contributed by atoms with Crippen LogP contribution in [0.4, 0.5) is 0 Å². The lowest BCUT2D eigenvalue weighted by molar-refractivity contribution is -0.130. The fraction of sp³-hybridized carbons (Fsp3) is 0.846. The summed E-state index contributed by atoms with van der Waals surface area (Å²) in [6.07, 6.45) is 1.20. The summed E-state index contributed by atoms with van der Waals surface area (Å²) in [6, 6.07) is 0.178. The van der Waals surface area contributed by atoms with E-state index in [1.54, 1.807) is 0 Å². The summed E-state index contributed by atoms with van der Waals surface area (Å²) in [5.74, 6) is -0.234. The van der Waals surface area contributed by atoms with Gasteiger partial charge < -0.3 is 15.4 Å². The Morgan fingerprint density at radius 2 is 1.83 bits per heavy atom. The van der Waals surface area contributed by atoms with Gasteiger partial charge in [0.15, 0.2) is 0 Å². The molecule has 18 heavy (non-hydrogen) atoms. The zero-order valence-corrected chi connectivity index (χ0v) is 12.1. The molecule has 0 aromatic carbocycles. The lowest BCUT2D eigenvalue weighted by Crippen LogP contribution is -2.37. The molecule has 1 atom stereocenters. The molecule has 0 aliphatic carbocycles. The van der Waals surface area contributed by atoms with Crippen LogP contribution in [0.15, 0.2) is 0 Å². The summed E-state index contributed by atoms with van der Waals surface area (Å²) in [7, 11) is 0. The highest BCUT2D eigenvalue weighted by molar-refractivity contribution is 5.79. The van der Waals surface area contributed by atoms with Crippen molar-refractivity contribution in [2.75, 3.05) is 13.2 Å². The van der Waals surface area contributed by atoms with E-state index in [4.69, 9.17) is 4.74 Å². The Morgan fingerprint density at radius 3 is 2.33 bits per heavy atom. The van der Waals surface area contributed by atoms with Crippen LogP contribution in [0.1, 0.15) is 47.5 Å². The maximum atomic E-state index is 11.4. The van der Waals surface area contributed by atoms with E-state index in [1.807, 2.05) is 34.6 Å². The molecule has 0 saturated carbocycles. The topological polar surface area (TPSA) is 67.4 Å². The van der Waals surface area contributed by atoms with Crippen LogP contribution in [0.25, 0.3) is 0 Å². The van der Waals surface area contributed by atoms with Crippen molar-refractivity contribution in [2.24, 2.45) is 0 Å². The second-order valence-electron chi connectivity index (χ2n) is 5.38. The molecule has 0 saturated heterocycles. The van der Waals surface area contributed by atoms with E-state index in [-0.39, 0.29) is 30.1 Å². The molecule has 1 unspecified atom stereocenters. The van der Waals surface area contributed by atoms with Gasteiger partial charge in [0.25, 0.3) is 0 Å². The lowest BCUT2D eigenvalue weighted by atomic mass is 10.2. The first-order chi connectivity index (χ1) is 8.24. The second-order valence-corrected chi connectivity index (χ2v) is 5.38. The van der Waals surface area contributed by atoms with Crippen LogP contribution in [0.5, 0.6) is 0 Å². The van der Waals surface area contributed by atoms with Crippen LogP contribution in [-0.2, 0) is 14.3 Å². The first-order valence-corrected chi connectivity index (χ1v) is 6.44. The Balaban J connectivity index is 3.65. The van der Waals surface area contributed by atoms with E-state index in [0.717, 1.165) is 6.42 Å². The molecule has 0 heterocycles. The van der Waals surface area contributed by atoms with Gasteiger partial charge in [-0.1, -0.05) is 6.92 Å². The minimum Gasteiger partial charge on any atom is -0.366 e. The molecule has 0 aromatic heterocycles. The first kappa shape index (κ1) is 16.9. The fourth-order valence-electron chi connectivity index (χ4n) is 1.10. The Hall–Kier alpha value is -1.10. The summed E-state index contributed by atoms with van der Waals surface area (Å²) < 4.78 is 5.32. The van der Waals surface area contributed by atoms with Gasteiger partial charge >= 0.3 is 0 Å². The minimum atomic E-state index is -0.328. The zero-order chi connectivity index (χ0) is 14.2. The molecule has 5 heteroatoms. The molecule has 0 bridgehead atoms. The van der Waals surface area contributed by atoms with Gasteiger partial charge in [-0.25, -0.2) is 0 Å². The number of nitrogens with one attached hydrogen (secondary N) is 2. The van der Waals surface area contributed by atoms with Crippen molar-refractivity contribution in [1.29, 1.82) is 0 Å². The third kappa shape index (κ3) is 10.1. The average Bonchev–Trinajstić information content (AvgIpc) is 2.25. The van der Waals surface area contributed by atoms with Crippen molar-refractivity contribution >= 4 is 11.8 Å². The van der Waals surface area contributed by atoms with Gasteiger partial charge in [-0.05, 0) is 34.1 Å². The third-order valence-electron chi connectivity index (χ3n) is 2.33. The lowest BCUT2D eigenvalue weighted by Gasteiger charge is -2.19. The first-order valence-electron chi connectivity index (χ1n) is 6.44. The standard InChI is InChI=1S/C13H26N2O3/c1-6-10(2)15-11(16)7-8-14-12(17)9-18-13(3,4)5/h10H,6-9H2,1-5H3,(H,14,17)(H,15,16). The van der Waals surface area contributed by atoms with E-state index in [2.05, 4.69) is 10.6 Å². The number of ether oxygens (including phenoxy) is 1. The SMILES string of the molecule is CCC(C)NC(=O)CCNC(=O)COC(C)(C)C. The number of hydrogen-bond donors (Lipinski definition) is 2. The van der Waals surface area contributed by atoms with E-state index in [1.165, 1.54) is 0 Å². The van der Waals surface area contributed by atoms with Gasteiger partial charge in [0.05, 0.1) is 5.60 Å². The van der Waals surface area contributed by atoms with Crippen LogP contribution in [0.3, 0.4) is 0 Å². The molecule has 5 nitrogen and oxygen atoms in total. The van der Waals surface area contributed by atoms with E-state index in [9.17, 15) is 9.59 Å². The van der Waals surface area contributed by atoms with Crippen LogP contribution in [0.2, 0.25) is 0 Å². The molecule has 0 radical (unpaired) electrons. The third-order valence-corrected chi connectivity index (χ3v) is 2.33. The second kappa shape index (κ2) is 8.08. The molecular formula is C13H26N2O3. The number of carbonyl (C=O) groups is 2. The summed E-state index contributed by atoms with van der Waals surface area (Å²) in [5.41, 5.74) is -0.328. The molecule has 2 N–H and O–H groups in total. The summed E-state index contributed by atoms with van der Waals surface area (Å²) in [4.78, 5) is 22.8. The highest BCUT2D eigenvalue weighted by atomic mass is 16.5. The van der Waals surface area contributed by atoms with Crippen molar-refractivity contribution < 1.29 is 14.3 Å². The van der Waals surface area contributed by atoms with Gasteiger partial charge in [-0.2, -0.15) is 0 Å². The quantitative estimate of drug-likeness (QED) is 0.721. The largest absolute Gasteiger partial charge is 0.366 e. The number of rotatable bonds is 7. The normalized spacial score (nSPS) is 12.9. The van der Waals surface area contributed by atoms with Gasteiger partial charge in [-0.3, -0.25) is 9.59 Å². The molecule has 0 aliphatic heterocycles. The van der Waals surface area contributed by atoms with Crippen molar-refractivity contribution in [3.05, 3.63) is 0 Å². The molecule has 2 amide bonds. The Labute approximate surface area is 110 Å². The van der Waals surface area contributed by atoms with Crippen LogP contribution >= 0.6 is 0 Å². The number of carbonyl (C=O) groups excluding carboxylic acids is 2. The van der Waals surface area contributed by atoms with E-state index < -0.39 is 0 Å². The van der Waals surface area contributed by atoms with Crippen LogP contribution < -0.4 is 10.6 Å². The van der Waals surface area contributed by atoms with Crippen molar-refractivity contribution in [3.63, 3.8) is 0 Å². The zero-order valence-electron chi connectivity index (χ0n) is 12.1. The van der Waals surface area contributed by atoms with E-state index in [0.29, 0.717) is 13.0 Å². The average molecular weight is 258 g/mol. The van der Waals surface area contributed by atoms with Crippen molar-refractivity contribution in [2.45, 2.75) is 59.1 Å². The van der Waals surface area contributed by atoms with Gasteiger partial charge in [0, 0.05) is 19.0 Å². The Morgan fingerprint density at radius 1 is 1.22 bits per heavy atom. The van der Waals surface area contributed by atoms with Crippen molar-refractivity contribution in [1.82, 2.24) is 10.6 Å². The van der Waals surface area contributed by atoms with Gasteiger partial charge in [-0.15, -0.1) is 0 Å². The molecular weight excluding hydrogens is 232 g/mol. The fourth-order valence-corrected chi connectivity index (χ4v) is 1.10. The number of hydrogen-bond acceptors (Lipinski definition) is 3. The molecule has 0 rings (SSSR count). The van der Waals surface area contributed by atoms with E-state index >= 15 is 0 Å². The monoisotopic (exact) mass is 258 g/mol. The predicted octanol–water partition coefficient (Wildman–Crippen LogP) is 1.22. The maximum Gasteiger partial charge on any atom is 0.246 e. The smallest absolute Gasteiger partial charge is 0.246 e. The summed E-state index contributed by atoms with van der Waals surface area (Å²) in [5, 5.41) is 5.49. The maximum absolute atomic E-state index is 11.4. The Kier molecular flexibility index (Phi) is 7.59. The summed E-state index contributed by atoms with van der Waals surface area (Å²) in [6.45, 7) is 9.99.